The number of anilines is 1. The van der Waals surface area contributed by atoms with Crippen LogP contribution < -0.4 is 10.6 Å². The summed E-state index contributed by atoms with van der Waals surface area (Å²) in [7, 11) is 0. The maximum atomic E-state index is 11.0. The predicted molar refractivity (Wildman–Crippen MR) is 87.3 cm³/mol. The zero-order valence-electron chi connectivity index (χ0n) is 12.9. The SMILES string of the molecule is CC1(C)CN(c2ccc3cc(C(=O)O)cnc3c2)CCC1N. The number of rotatable bonds is 2. The van der Waals surface area contributed by atoms with Gasteiger partial charge in [-0.1, -0.05) is 19.9 Å². The molecule has 22 heavy (non-hydrogen) atoms. The van der Waals surface area contributed by atoms with Gasteiger partial charge in [0.25, 0.3) is 0 Å². The lowest BCUT2D eigenvalue weighted by atomic mass is 9.79. The van der Waals surface area contributed by atoms with E-state index < -0.39 is 5.97 Å². The molecule has 0 radical (unpaired) electrons. The van der Waals surface area contributed by atoms with Crippen molar-refractivity contribution < 1.29 is 9.90 Å². The summed E-state index contributed by atoms with van der Waals surface area (Å²) in [6.45, 7) is 6.24. The van der Waals surface area contributed by atoms with Gasteiger partial charge in [0.15, 0.2) is 0 Å². The first kappa shape index (κ1) is 14.8. The molecule has 0 spiro atoms. The van der Waals surface area contributed by atoms with Gasteiger partial charge < -0.3 is 15.7 Å². The average Bonchev–Trinajstić information content (AvgIpc) is 2.48. The van der Waals surface area contributed by atoms with E-state index in [9.17, 15) is 4.79 Å². The zero-order chi connectivity index (χ0) is 15.9. The standard InChI is InChI=1S/C17H21N3O2/c1-17(2)10-20(6-5-15(17)18)13-4-3-11-7-12(16(21)22)9-19-14(11)8-13/h3-4,7-9,15H,5-6,10,18H2,1-2H3,(H,21,22). The maximum absolute atomic E-state index is 11.0. The first-order valence-electron chi connectivity index (χ1n) is 7.50. The summed E-state index contributed by atoms with van der Waals surface area (Å²) in [6, 6.07) is 7.87. The van der Waals surface area contributed by atoms with Crippen molar-refractivity contribution in [1.82, 2.24) is 4.98 Å². The number of carbonyl (C=O) groups is 1. The van der Waals surface area contributed by atoms with Crippen molar-refractivity contribution in [2.45, 2.75) is 26.3 Å². The molecule has 2 heterocycles. The third kappa shape index (κ3) is 2.64. The lowest BCUT2D eigenvalue weighted by Crippen LogP contribution is -2.52. The number of carboxylic acids is 1. The fraction of sp³-hybridized carbons (Fsp3) is 0.412. The molecule has 1 aromatic carbocycles. The molecule has 116 valence electrons. The van der Waals surface area contributed by atoms with Gasteiger partial charge in [0.1, 0.15) is 0 Å². The Morgan fingerprint density at radius 3 is 2.86 bits per heavy atom. The molecule has 0 saturated carbocycles. The van der Waals surface area contributed by atoms with E-state index in [2.05, 4.69) is 23.7 Å². The molecular formula is C17H21N3O2. The molecule has 1 aliphatic heterocycles. The quantitative estimate of drug-likeness (QED) is 0.890. The molecule has 1 unspecified atom stereocenters. The largest absolute Gasteiger partial charge is 0.478 e. The minimum Gasteiger partial charge on any atom is -0.478 e. The Morgan fingerprint density at radius 1 is 1.41 bits per heavy atom. The highest BCUT2D eigenvalue weighted by atomic mass is 16.4. The molecule has 5 nitrogen and oxygen atoms in total. The predicted octanol–water partition coefficient (Wildman–Crippen LogP) is 2.50. The van der Waals surface area contributed by atoms with Crippen molar-refractivity contribution in [3.63, 3.8) is 0 Å². The number of aromatic nitrogens is 1. The summed E-state index contributed by atoms with van der Waals surface area (Å²) in [5.74, 6) is -0.953. The Labute approximate surface area is 129 Å². The van der Waals surface area contributed by atoms with Crippen LogP contribution in [0.25, 0.3) is 10.9 Å². The van der Waals surface area contributed by atoms with Crippen molar-refractivity contribution in [2.24, 2.45) is 11.1 Å². The van der Waals surface area contributed by atoms with Crippen LogP contribution in [0.3, 0.4) is 0 Å². The van der Waals surface area contributed by atoms with Gasteiger partial charge in [-0.15, -0.1) is 0 Å². The minimum absolute atomic E-state index is 0.0772. The number of hydrogen-bond donors (Lipinski definition) is 2. The smallest absolute Gasteiger partial charge is 0.337 e. The molecule has 1 aliphatic rings. The van der Waals surface area contributed by atoms with Gasteiger partial charge in [0.05, 0.1) is 11.1 Å². The van der Waals surface area contributed by atoms with Gasteiger partial charge >= 0.3 is 5.97 Å². The fourth-order valence-corrected chi connectivity index (χ4v) is 3.02. The highest BCUT2D eigenvalue weighted by Crippen LogP contribution is 2.32. The molecule has 5 heteroatoms. The van der Waals surface area contributed by atoms with Gasteiger partial charge in [-0.05, 0) is 30.0 Å². The van der Waals surface area contributed by atoms with Gasteiger partial charge in [-0.2, -0.15) is 0 Å². The Balaban J connectivity index is 1.92. The van der Waals surface area contributed by atoms with E-state index in [1.165, 1.54) is 6.20 Å². The summed E-state index contributed by atoms with van der Waals surface area (Å²) in [4.78, 5) is 17.6. The number of nitrogens with zero attached hydrogens (tertiary/aromatic N) is 2. The monoisotopic (exact) mass is 299 g/mol. The number of carboxylic acid groups (broad SMARTS) is 1. The molecule has 3 N–H and O–H groups in total. The Kier molecular flexibility index (Phi) is 3.53. The minimum atomic E-state index is -0.953. The molecule has 3 rings (SSSR count). The molecule has 0 amide bonds. The number of benzene rings is 1. The van der Waals surface area contributed by atoms with Crippen LogP contribution in [0, 0.1) is 5.41 Å². The van der Waals surface area contributed by atoms with E-state index in [0.29, 0.717) is 0 Å². The summed E-state index contributed by atoms with van der Waals surface area (Å²) < 4.78 is 0. The van der Waals surface area contributed by atoms with Crippen molar-refractivity contribution in [3.8, 4) is 0 Å². The zero-order valence-corrected chi connectivity index (χ0v) is 12.9. The maximum Gasteiger partial charge on any atom is 0.337 e. The normalized spacial score (nSPS) is 21.0. The van der Waals surface area contributed by atoms with E-state index in [1.54, 1.807) is 6.07 Å². The van der Waals surface area contributed by atoms with Crippen LogP contribution in [-0.2, 0) is 0 Å². The molecule has 1 fully saturated rings. The van der Waals surface area contributed by atoms with E-state index in [0.717, 1.165) is 36.1 Å². The number of fused-ring (bicyclic) bond motifs is 1. The number of piperidine rings is 1. The number of hydrogen-bond acceptors (Lipinski definition) is 4. The summed E-state index contributed by atoms with van der Waals surface area (Å²) >= 11 is 0. The molecule has 1 saturated heterocycles. The van der Waals surface area contributed by atoms with E-state index in [-0.39, 0.29) is 17.0 Å². The van der Waals surface area contributed by atoms with Gasteiger partial charge in [0.2, 0.25) is 0 Å². The van der Waals surface area contributed by atoms with Crippen LogP contribution in [0.1, 0.15) is 30.6 Å². The van der Waals surface area contributed by atoms with Crippen LogP contribution in [-0.4, -0.2) is 35.2 Å². The lowest BCUT2D eigenvalue weighted by molar-refractivity contribution is 0.0696. The number of nitrogens with two attached hydrogens (primary N) is 1. The number of aromatic carboxylic acids is 1. The second kappa shape index (κ2) is 5.25. The lowest BCUT2D eigenvalue weighted by Gasteiger charge is -2.43. The van der Waals surface area contributed by atoms with Gasteiger partial charge in [-0.3, -0.25) is 4.98 Å². The highest BCUT2D eigenvalue weighted by molar-refractivity contribution is 5.93. The highest BCUT2D eigenvalue weighted by Gasteiger charge is 2.33. The van der Waals surface area contributed by atoms with Crippen molar-refractivity contribution >= 4 is 22.6 Å². The Bertz CT molecular complexity index is 727. The van der Waals surface area contributed by atoms with Gasteiger partial charge in [-0.25, -0.2) is 4.79 Å². The molecule has 0 bridgehead atoms. The van der Waals surface area contributed by atoms with E-state index in [1.807, 2.05) is 18.2 Å². The number of pyridine rings is 1. The third-order valence-corrected chi connectivity index (χ3v) is 4.59. The average molecular weight is 299 g/mol. The van der Waals surface area contributed by atoms with Gasteiger partial charge in [0, 0.05) is 36.4 Å². The first-order valence-corrected chi connectivity index (χ1v) is 7.50. The van der Waals surface area contributed by atoms with Crippen molar-refractivity contribution in [3.05, 3.63) is 36.0 Å². The summed E-state index contributed by atoms with van der Waals surface area (Å²) in [5.41, 5.74) is 8.41. The topological polar surface area (TPSA) is 79.5 Å². The van der Waals surface area contributed by atoms with Crippen molar-refractivity contribution in [2.75, 3.05) is 18.0 Å². The summed E-state index contributed by atoms with van der Waals surface area (Å²) in [6.07, 6.45) is 2.38. The summed E-state index contributed by atoms with van der Waals surface area (Å²) in [5, 5.41) is 9.87. The molecule has 2 aromatic rings. The molecule has 1 atom stereocenters. The first-order chi connectivity index (χ1) is 10.4. The second-order valence-electron chi connectivity index (χ2n) is 6.71. The van der Waals surface area contributed by atoms with E-state index in [4.69, 9.17) is 10.8 Å². The third-order valence-electron chi connectivity index (χ3n) is 4.59. The molecule has 0 aliphatic carbocycles. The second-order valence-corrected chi connectivity index (χ2v) is 6.71. The van der Waals surface area contributed by atoms with Crippen molar-refractivity contribution in [1.29, 1.82) is 0 Å². The van der Waals surface area contributed by atoms with Crippen LogP contribution in [0.5, 0.6) is 0 Å². The van der Waals surface area contributed by atoms with Crippen LogP contribution >= 0.6 is 0 Å². The van der Waals surface area contributed by atoms with E-state index >= 15 is 0 Å². The Morgan fingerprint density at radius 2 is 2.18 bits per heavy atom. The fourth-order valence-electron chi connectivity index (χ4n) is 3.02. The Hall–Kier alpha value is -2.14. The van der Waals surface area contributed by atoms with Crippen LogP contribution in [0.4, 0.5) is 5.69 Å². The van der Waals surface area contributed by atoms with Crippen LogP contribution in [0.2, 0.25) is 0 Å². The molecular weight excluding hydrogens is 278 g/mol. The van der Waals surface area contributed by atoms with Crippen LogP contribution in [0.15, 0.2) is 30.5 Å². The molecule has 1 aromatic heterocycles.